The highest BCUT2D eigenvalue weighted by molar-refractivity contribution is 7.99. The Labute approximate surface area is 189 Å². The van der Waals surface area contributed by atoms with E-state index in [0.717, 1.165) is 28.1 Å². The maximum Gasteiger partial charge on any atom is 0.234 e. The van der Waals surface area contributed by atoms with E-state index in [2.05, 4.69) is 15.5 Å². The van der Waals surface area contributed by atoms with Crippen molar-refractivity contribution in [1.29, 1.82) is 0 Å². The van der Waals surface area contributed by atoms with Crippen LogP contribution in [0.4, 0.5) is 5.69 Å². The molecule has 31 heavy (non-hydrogen) atoms. The largest absolute Gasteiger partial charge is 0.467 e. The van der Waals surface area contributed by atoms with E-state index >= 15 is 0 Å². The van der Waals surface area contributed by atoms with Crippen molar-refractivity contribution in [3.8, 4) is 11.4 Å². The summed E-state index contributed by atoms with van der Waals surface area (Å²) in [6.45, 7) is 4.42. The number of nitrogens with one attached hydrogen (secondary N) is 1. The minimum atomic E-state index is -0.0945. The normalized spacial score (nSPS) is 10.9. The number of nitrogens with zero attached hydrogens (tertiary/aromatic N) is 3. The van der Waals surface area contributed by atoms with Crippen LogP contribution in [0.1, 0.15) is 16.9 Å². The van der Waals surface area contributed by atoms with Crippen LogP contribution in [0.25, 0.3) is 11.4 Å². The molecule has 0 aliphatic carbocycles. The van der Waals surface area contributed by atoms with Crippen LogP contribution in [0.15, 0.2) is 70.4 Å². The fraction of sp³-hybridized carbons (Fsp3) is 0.174. The van der Waals surface area contributed by atoms with Gasteiger partial charge in [-0.2, -0.15) is 0 Å². The summed E-state index contributed by atoms with van der Waals surface area (Å²) in [7, 11) is 0. The lowest BCUT2D eigenvalue weighted by Gasteiger charge is -2.12. The molecule has 1 N–H and O–H groups in total. The maximum atomic E-state index is 12.6. The molecule has 0 fully saturated rings. The first-order valence-electron chi connectivity index (χ1n) is 9.71. The van der Waals surface area contributed by atoms with Gasteiger partial charge < -0.3 is 9.73 Å². The predicted octanol–water partition coefficient (Wildman–Crippen LogP) is 5.59. The van der Waals surface area contributed by atoms with Gasteiger partial charge in [-0.3, -0.25) is 9.36 Å². The van der Waals surface area contributed by atoms with Gasteiger partial charge in [-0.05, 0) is 61.4 Å². The Bertz CT molecular complexity index is 1170. The van der Waals surface area contributed by atoms with Gasteiger partial charge in [-0.25, -0.2) is 0 Å². The number of amides is 1. The van der Waals surface area contributed by atoms with Gasteiger partial charge in [0.05, 0.1) is 18.6 Å². The Balaban J connectivity index is 1.54. The first-order chi connectivity index (χ1) is 15.0. The zero-order chi connectivity index (χ0) is 21.8. The highest BCUT2D eigenvalue weighted by atomic mass is 35.5. The van der Waals surface area contributed by atoms with E-state index in [4.69, 9.17) is 16.0 Å². The van der Waals surface area contributed by atoms with E-state index < -0.39 is 0 Å². The maximum absolute atomic E-state index is 12.6. The summed E-state index contributed by atoms with van der Waals surface area (Å²) < 4.78 is 7.46. The molecule has 2 aromatic carbocycles. The van der Waals surface area contributed by atoms with Crippen molar-refractivity contribution in [3.63, 3.8) is 0 Å². The second kappa shape index (κ2) is 9.41. The van der Waals surface area contributed by atoms with Gasteiger partial charge in [-0.1, -0.05) is 41.6 Å². The molecule has 0 aliphatic rings. The third-order valence-corrected chi connectivity index (χ3v) is 6.01. The van der Waals surface area contributed by atoms with Gasteiger partial charge in [0.15, 0.2) is 11.0 Å². The number of para-hydroxylation sites is 1. The smallest absolute Gasteiger partial charge is 0.234 e. The Morgan fingerprint density at radius 2 is 1.81 bits per heavy atom. The van der Waals surface area contributed by atoms with Gasteiger partial charge >= 0.3 is 0 Å². The molecule has 0 saturated carbocycles. The minimum Gasteiger partial charge on any atom is -0.467 e. The summed E-state index contributed by atoms with van der Waals surface area (Å²) >= 11 is 7.36. The van der Waals surface area contributed by atoms with E-state index in [9.17, 15) is 4.79 Å². The van der Waals surface area contributed by atoms with Crippen molar-refractivity contribution in [3.05, 3.63) is 82.8 Å². The number of carbonyl (C=O) groups is 1. The number of aryl methyl sites for hydroxylation is 2. The molecule has 0 spiro atoms. The van der Waals surface area contributed by atoms with E-state index in [1.54, 1.807) is 6.26 Å². The Morgan fingerprint density at radius 1 is 1.06 bits per heavy atom. The van der Waals surface area contributed by atoms with Crippen molar-refractivity contribution in [1.82, 2.24) is 14.8 Å². The number of anilines is 1. The van der Waals surface area contributed by atoms with Gasteiger partial charge in [0, 0.05) is 16.3 Å². The Kier molecular flexibility index (Phi) is 6.44. The number of furan rings is 1. The molecule has 6 nitrogen and oxygen atoms in total. The van der Waals surface area contributed by atoms with E-state index in [1.165, 1.54) is 11.8 Å². The molecule has 0 saturated heterocycles. The molecule has 1 amide bonds. The number of benzene rings is 2. The highest BCUT2D eigenvalue weighted by Crippen LogP contribution is 2.27. The summed E-state index contributed by atoms with van der Waals surface area (Å²) in [6.07, 6.45) is 1.63. The van der Waals surface area contributed by atoms with Gasteiger partial charge in [0.1, 0.15) is 5.76 Å². The summed E-state index contributed by atoms with van der Waals surface area (Å²) in [5.74, 6) is 1.58. The number of hydrogen-bond donors (Lipinski definition) is 1. The fourth-order valence-corrected chi connectivity index (χ4v) is 4.09. The van der Waals surface area contributed by atoms with Crippen molar-refractivity contribution >= 4 is 35.0 Å². The fourth-order valence-electron chi connectivity index (χ4n) is 3.23. The van der Waals surface area contributed by atoms with Crippen LogP contribution >= 0.6 is 23.4 Å². The molecule has 0 unspecified atom stereocenters. The number of aromatic nitrogens is 3. The van der Waals surface area contributed by atoms with Crippen molar-refractivity contribution in [2.45, 2.75) is 25.5 Å². The number of thioether (sulfide) groups is 1. The molecule has 0 radical (unpaired) electrons. The molecule has 2 heterocycles. The minimum absolute atomic E-state index is 0.0945. The van der Waals surface area contributed by atoms with E-state index in [1.807, 2.05) is 73.0 Å². The summed E-state index contributed by atoms with van der Waals surface area (Å²) in [4.78, 5) is 12.6. The number of carbonyl (C=O) groups excluding carboxylic acids is 1. The van der Waals surface area contributed by atoms with Crippen LogP contribution in [0.2, 0.25) is 5.02 Å². The van der Waals surface area contributed by atoms with Crippen molar-refractivity contribution in [2.75, 3.05) is 11.1 Å². The molecule has 4 aromatic rings. The zero-order valence-corrected chi connectivity index (χ0v) is 18.7. The monoisotopic (exact) mass is 452 g/mol. The van der Waals surface area contributed by atoms with Crippen LogP contribution in [0, 0.1) is 13.8 Å². The van der Waals surface area contributed by atoms with Gasteiger partial charge in [0.2, 0.25) is 5.91 Å². The van der Waals surface area contributed by atoms with E-state index in [0.29, 0.717) is 22.5 Å². The Hall–Kier alpha value is -3.03. The van der Waals surface area contributed by atoms with Crippen LogP contribution in [-0.2, 0) is 11.3 Å². The quantitative estimate of drug-likeness (QED) is 0.370. The molecular formula is C23H21ClN4O2S. The van der Waals surface area contributed by atoms with Crippen LogP contribution in [0.3, 0.4) is 0 Å². The lowest BCUT2D eigenvalue weighted by Crippen LogP contribution is -2.16. The average Bonchev–Trinajstić information content (AvgIpc) is 3.41. The third kappa shape index (κ3) is 5.00. The lowest BCUT2D eigenvalue weighted by molar-refractivity contribution is -0.113. The topological polar surface area (TPSA) is 73.0 Å². The van der Waals surface area contributed by atoms with Crippen LogP contribution in [-0.4, -0.2) is 26.4 Å². The van der Waals surface area contributed by atoms with E-state index in [-0.39, 0.29) is 11.7 Å². The standard InChI is InChI=1S/C23H21ClN4O2S/c1-15-5-3-6-16(2)21(15)25-20(29)14-31-23-27-26-22(17-8-10-18(24)11-9-17)28(23)13-19-7-4-12-30-19/h3-12H,13-14H2,1-2H3,(H,25,29). The first-order valence-corrected chi connectivity index (χ1v) is 11.1. The second-order valence-corrected chi connectivity index (χ2v) is 8.46. The predicted molar refractivity (Wildman–Crippen MR) is 124 cm³/mol. The first kappa shape index (κ1) is 21.2. The van der Waals surface area contributed by atoms with Crippen LogP contribution < -0.4 is 5.32 Å². The average molecular weight is 453 g/mol. The number of hydrogen-bond acceptors (Lipinski definition) is 5. The molecule has 4 rings (SSSR count). The second-order valence-electron chi connectivity index (χ2n) is 7.08. The molecule has 0 aliphatic heterocycles. The summed E-state index contributed by atoms with van der Waals surface area (Å²) in [6, 6.07) is 17.1. The molecule has 158 valence electrons. The lowest BCUT2D eigenvalue weighted by atomic mass is 10.1. The number of rotatable bonds is 7. The SMILES string of the molecule is Cc1cccc(C)c1NC(=O)CSc1nnc(-c2ccc(Cl)cc2)n1Cc1ccco1. The van der Waals surface area contributed by atoms with Crippen LogP contribution in [0.5, 0.6) is 0 Å². The molecule has 0 bridgehead atoms. The molecule has 8 heteroatoms. The number of halogens is 1. The third-order valence-electron chi connectivity index (χ3n) is 4.79. The highest BCUT2D eigenvalue weighted by Gasteiger charge is 2.17. The van der Waals surface area contributed by atoms with Gasteiger partial charge in [0.25, 0.3) is 0 Å². The van der Waals surface area contributed by atoms with Gasteiger partial charge in [-0.15, -0.1) is 10.2 Å². The summed E-state index contributed by atoms with van der Waals surface area (Å²) in [5, 5.41) is 13.0. The van der Waals surface area contributed by atoms with Crippen molar-refractivity contribution < 1.29 is 9.21 Å². The molecule has 2 aromatic heterocycles. The van der Waals surface area contributed by atoms with Crippen molar-refractivity contribution in [2.24, 2.45) is 0 Å². The molecular weight excluding hydrogens is 432 g/mol. The zero-order valence-electron chi connectivity index (χ0n) is 17.1. The Morgan fingerprint density at radius 3 is 2.48 bits per heavy atom. The summed E-state index contributed by atoms with van der Waals surface area (Å²) in [5.41, 5.74) is 3.80. The molecule has 0 atom stereocenters.